The van der Waals surface area contributed by atoms with Crippen molar-refractivity contribution in [2.24, 2.45) is 5.92 Å². The standard InChI is InChI=1S/C7H7NO2.C4H10O.H2O/c9-7(10)5-6-3-1-2-4-8-6;1-4(2)3-5;/h1-4H,5H2,(H,9,10);4-5H,3H2,1-2H3;1H2. The molecule has 0 atom stereocenters. The molecule has 92 valence electrons. The lowest BCUT2D eigenvalue weighted by molar-refractivity contribution is -0.136. The number of pyridine rings is 1. The molecule has 4 N–H and O–H groups in total. The maximum atomic E-state index is 10.1. The van der Waals surface area contributed by atoms with Crippen LogP contribution in [0, 0.1) is 5.92 Å². The molecular weight excluding hydrogens is 210 g/mol. The Hall–Kier alpha value is -1.46. The van der Waals surface area contributed by atoms with Gasteiger partial charge < -0.3 is 15.7 Å². The minimum Gasteiger partial charge on any atom is -0.481 e. The molecule has 0 spiro atoms. The minimum absolute atomic E-state index is 0. The average molecular weight is 229 g/mol. The number of rotatable bonds is 3. The Morgan fingerprint density at radius 3 is 2.31 bits per heavy atom. The number of nitrogens with zero attached hydrogens (tertiary/aromatic N) is 1. The van der Waals surface area contributed by atoms with Crippen molar-refractivity contribution in [2.75, 3.05) is 6.61 Å². The van der Waals surface area contributed by atoms with Gasteiger partial charge in [-0.2, -0.15) is 0 Å². The zero-order valence-corrected chi connectivity index (χ0v) is 9.55. The highest BCUT2D eigenvalue weighted by molar-refractivity contribution is 5.69. The molecule has 1 heterocycles. The lowest BCUT2D eigenvalue weighted by Crippen LogP contribution is -2.01. The van der Waals surface area contributed by atoms with Crippen LogP contribution in [0.1, 0.15) is 19.5 Å². The van der Waals surface area contributed by atoms with E-state index in [9.17, 15) is 4.79 Å². The number of hydrogen-bond donors (Lipinski definition) is 2. The summed E-state index contributed by atoms with van der Waals surface area (Å²) in [6, 6.07) is 5.21. The SMILES string of the molecule is CC(C)CO.O.O=C(O)Cc1ccccn1. The fourth-order valence-electron chi connectivity index (χ4n) is 0.658. The van der Waals surface area contributed by atoms with E-state index in [1.54, 1.807) is 24.4 Å². The normalized spacial score (nSPS) is 8.75. The van der Waals surface area contributed by atoms with Crippen molar-refractivity contribution in [2.45, 2.75) is 20.3 Å². The number of aromatic nitrogens is 1. The fraction of sp³-hybridized carbons (Fsp3) is 0.455. The van der Waals surface area contributed by atoms with Gasteiger partial charge in [-0.15, -0.1) is 0 Å². The van der Waals surface area contributed by atoms with Gasteiger partial charge in [-0.1, -0.05) is 19.9 Å². The highest BCUT2D eigenvalue weighted by Gasteiger charge is 1.98. The van der Waals surface area contributed by atoms with Crippen molar-refractivity contribution >= 4 is 5.97 Å². The van der Waals surface area contributed by atoms with E-state index in [2.05, 4.69) is 4.98 Å². The topological polar surface area (TPSA) is 102 Å². The average Bonchev–Trinajstić information content (AvgIpc) is 2.19. The summed E-state index contributed by atoms with van der Waals surface area (Å²) in [5, 5.41) is 16.5. The lowest BCUT2D eigenvalue weighted by Gasteiger charge is -1.91. The van der Waals surface area contributed by atoms with Crippen molar-refractivity contribution in [3.63, 3.8) is 0 Å². The molecule has 5 heteroatoms. The van der Waals surface area contributed by atoms with Crippen LogP contribution in [0.3, 0.4) is 0 Å². The van der Waals surface area contributed by atoms with Crippen LogP contribution in [-0.2, 0) is 11.2 Å². The quantitative estimate of drug-likeness (QED) is 0.788. The maximum absolute atomic E-state index is 10.1. The summed E-state index contributed by atoms with van der Waals surface area (Å²) in [5.41, 5.74) is 0.593. The van der Waals surface area contributed by atoms with Crippen LogP contribution in [0.15, 0.2) is 24.4 Å². The number of aliphatic carboxylic acids is 1. The molecule has 0 unspecified atom stereocenters. The van der Waals surface area contributed by atoms with Crippen molar-refractivity contribution in [3.05, 3.63) is 30.1 Å². The summed E-state index contributed by atoms with van der Waals surface area (Å²) in [6.45, 7) is 4.25. The van der Waals surface area contributed by atoms with Gasteiger partial charge in [-0.05, 0) is 18.1 Å². The van der Waals surface area contributed by atoms with Gasteiger partial charge in [-0.3, -0.25) is 9.78 Å². The predicted octanol–water partition coefficient (Wildman–Crippen LogP) is 0.519. The van der Waals surface area contributed by atoms with Crippen LogP contribution in [0.2, 0.25) is 0 Å². The molecule has 0 aromatic carbocycles. The van der Waals surface area contributed by atoms with E-state index in [1.807, 2.05) is 13.8 Å². The van der Waals surface area contributed by atoms with Crippen molar-refractivity contribution < 1.29 is 20.5 Å². The first-order chi connectivity index (χ1) is 7.06. The van der Waals surface area contributed by atoms with Gasteiger partial charge in [0.2, 0.25) is 0 Å². The zero-order chi connectivity index (χ0) is 11.7. The lowest BCUT2D eigenvalue weighted by atomic mass is 10.2. The van der Waals surface area contributed by atoms with E-state index in [1.165, 1.54) is 0 Å². The van der Waals surface area contributed by atoms with Gasteiger partial charge in [0.05, 0.1) is 12.1 Å². The molecule has 0 amide bonds. The monoisotopic (exact) mass is 229 g/mol. The molecule has 0 saturated carbocycles. The molecule has 0 aliphatic carbocycles. The first-order valence-electron chi connectivity index (χ1n) is 4.78. The van der Waals surface area contributed by atoms with E-state index in [4.69, 9.17) is 10.2 Å². The van der Waals surface area contributed by atoms with Crippen LogP contribution in [0.4, 0.5) is 0 Å². The summed E-state index contributed by atoms with van der Waals surface area (Å²) in [4.78, 5) is 14.0. The number of carboxylic acids is 1. The summed E-state index contributed by atoms with van der Waals surface area (Å²) < 4.78 is 0. The molecule has 5 nitrogen and oxygen atoms in total. The maximum Gasteiger partial charge on any atom is 0.309 e. The van der Waals surface area contributed by atoms with Crippen molar-refractivity contribution in [3.8, 4) is 0 Å². The highest BCUT2D eigenvalue weighted by atomic mass is 16.4. The Balaban J connectivity index is 0. The van der Waals surface area contributed by atoms with Crippen LogP contribution in [0.25, 0.3) is 0 Å². The Labute approximate surface area is 95.1 Å². The largest absolute Gasteiger partial charge is 0.481 e. The Bertz CT molecular complexity index is 275. The Morgan fingerprint density at radius 1 is 1.44 bits per heavy atom. The molecule has 1 aromatic heterocycles. The van der Waals surface area contributed by atoms with Gasteiger partial charge in [0.25, 0.3) is 0 Å². The van der Waals surface area contributed by atoms with Gasteiger partial charge >= 0.3 is 5.97 Å². The predicted molar refractivity (Wildman–Crippen MR) is 61.1 cm³/mol. The molecule has 1 rings (SSSR count). The molecule has 0 saturated heterocycles. The number of carboxylic acid groups (broad SMARTS) is 1. The van der Waals surface area contributed by atoms with E-state index < -0.39 is 5.97 Å². The van der Waals surface area contributed by atoms with Crippen LogP contribution >= 0.6 is 0 Å². The van der Waals surface area contributed by atoms with Crippen LogP contribution < -0.4 is 0 Å². The van der Waals surface area contributed by atoms with E-state index in [-0.39, 0.29) is 11.9 Å². The second-order valence-electron chi connectivity index (χ2n) is 3.47. The summed E-state index contributed by atoms with van der Waals surface area (Å²) in [5.74, 6) is -0.409. The van der Waals surface area contributed by atoms with Crippen molar-refractivity contribution in [1.29, 1.82) is 0 Å². The van der Waals surface area contributed by atoms with Gasteiger partial charge in [0, 0.05) is 12.8 Å². The minimum atomic E-state index is -0.848. The summed E-state index contributed by atoms with van der Waals surface area (Å²) in [6.07, 6.45) is 1.58. The van der Waals surface area contributed by atoms with E-state index in [0.29, 0.717) is 18.2 Å². The molecule has 0 radical (unpaired) electrons. The Morgan fingerprint density at radius 2 is 2.00 bits per heavy atom. The smallest absolute Gasteiger partial charge is 0.309 e. The van der Waals surface area contributed by atoms with Crippen LogP contribution in [-0.4, -0.2) is 33.2 Å². The molecule has 0 bridgehead atoms. The Kier molecular flexibility index (Phi) is 10.7. The molecule has 0 fully saturated rings. The first kappa shape index (κ1) is 17.0. The number of aliphatic hydroxyl groups excluding tert-OH is 1. The third-order valence-corrected chi connectivity index (χ3v) is 1.42. The zero-order valence-electron chi connectivity index (χ0n) is 9.55. The molecular formula is C11H19NO4. The van der Waals surface area contributed by atoms with Crippen LogP contribution in [0.5, 0.6) is 0 Å². The molecule has 1 aromatic rings. The summed E-state index contributed by atoms with van der Waals surface area (Å²) >= 11 is 0. The van der Waals surface area contributed by atoms with Gasteiger partial charge in [-0.25, -0.2) is 0 Å². The second-order valence-corrected chi connectivity index (χ2v) is 3.47. The van der Waals surface area contributed by atoms with E-state index >= 15 is 0 Å². The summed E-state index contributed by atoms with van der Waals surface area (Å²) in [7, 11) is 0. The molecule has 0 aliphatic heterocycles. The number of hydrogen-bond acceptors (Lipinski definition) is 3. The highest BCUT2D eigenvalue weighted by Crippen LogP contribution is 1.93. The second kappa shape index (κ2) is 10.1. The number of aliphatic hydroxyl groups is 1. The number of carbonyl (C=O) groups is 1. The molecule has 0 aliphatic rings. The third kappa shape index (κ3) is 10.6. The first-order valence-corrected chi connectivity index (χ1v) is 4.78. The van der Waals surface area contributed by atoms with Gasteiger partial charge in [0.1, 0.15) is 0 Å². The van der Waals surface area contributed by atoms with Gasteiger partial charge in [0.15, 0.2) is 0 Å². The third-order valence-electron chi connectivity index (χ3n) is 1.42. The van der Waals surface area contributed by atoms with Crippen molar-refractivity contribution in [1.82, 2.24) is 4.98 Å². The molecule has 16 heavy (non-hydrogen) atoms. The fourth-order valence-corrected chi connectivity index (χ4v) is 0.658. The van der Waals surface area contributed by atoms with E-state index in [0.717, 1.165) is 0 Å².